The number of ether oxygens (including phenoxy) is 2. The van der Waals surface area contributed by atoms with Crippen molar-refractivity contribution in [1.29, 1.82) is 0 Å². The average molecular weight is 231 g/mol. The van der Waals surface area contributed by atoms with Gasteiger partial charge in [-0.15, -0.1) is 0 Å². The lowest BCUT2D eigenvalue weighted by Crippen LogP contribution is -2.04. The topological polar surface area (TPSA) is 70.3 Å². The van der Waals surface area contributed by atoms with Crippen LogP contribution in [0.2, 0.25) is 0 Å². The first kappa shape index (κ1) is 11.3. The van der Waals surface area contributed by atoms with Gasteiger partial charge < -0.3 is 15.2 Å². The van der Waals surface area contributed by atoms with Crippen LogP contribution in [0, 0.1) is 0 Å². The maximum atomic E-state index is 5.64. The van der Waals surface area contributed by atoms with Crippen LogP contribution in [0.1, 0.15) is 5.69 Å². The average Bonchev–Trinajstić information content (AvgIpc) is 2.40. The van der Waals surface area contributed by atoms with Crippen LogP contribution in [0.5, 0.6) is 17.4 Å². The smallest absolute Gasteiger partial charge is 0.242 e. The van der Waals surface area contributed by atoms with Crippen LogP contribution in [-0.2, 0) is 6.54 Å². The van der Waals surface area contributed by atoms with E-state index >= 15 is 0 Å². The Morgan fingerprint density at radius 3 is 2.53 bits per heavy atom. The number of aromatic nitrogens is 2. The van der Waals surface area contributed by atoms with Crippen LogP contribution in [0.25, 0.3) is 0 Å². The van der Waals surface area contributed by atoms with E-state index in [4.69, 9.17) is 15.2 Å². The zero-order valence-corrected chi connectivity index (χ0v) is 9.46. The largest absolute Gasteiger partial charge is 0.493 e. The summed E-state index contributed by atoms with van der Waals surface area (Å²) in [5.41, 5.74) is 6.17. The molecule has 5 nitrogen and oxygen atoms in total. The Bertz CT molecular complexity index is 457. The van der Waals surface area contributed by atoms with Gasteiger partial charge in [-0.1, -0.05) is 12.1 Å². The summed E-state index contributed by atoms with van der Waals surface area (Å²) >= 11 is 0. The molecule has 2 aromatic rings. The van der Waals surface area contributed by atoms with E-state index in [0.717, 1.165) is 0 Å². The summed E-state index contributed by atoms with van der Waals surface area (Å²) in [6, 6.07) is 7.34. The molecule has 88 valence electrons. The Balaban J connectivity index is 2.31. The first-order valence-corrected chi connectivity index (χ1v) is 5.16. The molecule has 1 heterocycles. The fourth-order valence-corrected chi connectivity index (χ4v) is 1.39. The number of hydrogen-bond acceptors (Lipinski definition) is 5. The predicted octanol–water partition coefficient (Wildman–Crippen LogP) is 1.74. The van der Waals surface area contributed by atoms with Gasteiger partial charge in [-0.2, -0.15) is 0 Å². The normalized spacial score (nSPS) is 10.0. The van der Waals surface area contributed by atoms with Crippen molar-refractivity contribution < 1.29 is 9.47 Å². The number of benzene rings is 1. The van der Waals surface area contributed by atoms with Gasteiger partial charge in [0.2, 0.25) is 5.88 Å². The maximum Gasteiger partial charge on any atom is 0.242 e. The standard InChI is InChI=1S/C12H13N3O2/c1-16-10-4-2-3-5-11(10)17-12-9(8-13)14-6-7-15-12/h2-7H,8,13H2,1H3. The molecule has 0 unspecified atom stereocenters. The molecule has 0 radical (unpaired) electrons. The highest BCUT2D eigenvalue weighted by Gasteiger charge is 2.09. The molecule has 5 heteroatoms. The summed E-state index contributed by atoms with van der Waals surface area (Å²) in [7, 11) is 1.59. The molecule has 0 saturated heterocycles. The SMILES string of the molecule is COc1ccccc1Oc1nccnc1CN. The van der Waals surface area contributed by atoms with E-state index in [1.165, 1.54) is 0 Å². The van der Waals surface area contributed by atoms with E-state index in [9.17, 15) is 0 Å². The predicted molar refractivity (Wildman–Crippen MR) is 63.0 cm³/mol. The lowest BCUT2D eigenvalue weighted by Gasteiger charge is -2.10. The Kier molecular flexibility index (Phi) is 3.52. The van der Waals surface area contributed by atoms with Crippen LogP contribution >= 0.6 is 0 Å². The summed E-state index contributed by atoms with van der Waals surface area (Å²) < 4.78 is 10.8. The molecule has 0 aliphatic rings. The van der Waals surface area contributed by atoms with Gasteiger partial charge in [-0.05, 0) is 12.1 Å². The van der Waals surface area contributed by atoms with E-state index in [1.807, 2.05) is 18.2 Å². The van der Waals surface area contributed by atoms with Crippen molar-refractivity contribution in [2.45, 2.75) is 6.54 Å². The van der Waals surface area contributed by atoms with E-state index in [2.05, 4.69) is 9.97 Å². The minimum Gasteiger partial charge on any atom is -0.493 e. The molecule has 0 aliphatic carbocycles. The lowest BCUT2D eigenvalue weighted by atomic mass is 10.3. The number of nitrogens with zero attached hydrogens (tertiary/aromatic N) is 2. The third-order valence-electron chi connectivity index (χ3n) is 2.20. The minimum atomic E-state index is 0.276. The molecule has 1 aromatic carbocycles. The molecule has 0 spiro atoms. The highest BCUT2D eigenvalue weighted by Crippen LogP contribution is 2.30. The Morgan fingerprint density at radius 1 is 1.12 bits per heavy atom. The van der Waals surface area contributed by atoms with Crippen molar-refractivity contribution in [2.75, 3.05) is 7.11 Å². The zero-order valence-electron chi connectivity index (χ0n) is 9.46. The summed E-state index contributed by atoms with van der Waals surface area (Å²) in [6.45, 7) is 0.276. The van der Waals surface area contributed by atoms with Gasteiger partial charge in [0.1, 0.15) is 5.69 Å². The van der Waals surface area contributed by atoms with Crippen LogP contribution in [0.3, 0.4) is 0 Å². The van der Waals surface area contributed by atoms with Gasteiger partial charge in [0.15, 0.2) is 11.5 Å². The molecule has 2 N–H and O–H groups in total. The fourth-order valence-electron chi connectivity index (χ4n) is 1.39. The van der Waals surface area contributed by atoms with Crippen LogP contribution in [0.15, 0.2) is 36.7 Å². The molecule has 17 heavy (non-hydrogen) atoms. The molecule has 0 amide bonds. The second-order valence-electron chi connectivity index (χ2n) is 3.27. The minimum absolute atomic E-state index is 0.276. The van der Waals surface area contributed by atoms with Crippen LogP contribution < -0.4 is 15.2 Å². The third-order valence-corrected chi connectivity index (χ3v) is 2.20. The maximum absolute atomic E-state index is 5.64. The molecule has 1 aromatic heterocycles. The van der Waals surface area contributed by atoms with Crippen molar-refractivity contribution >= 4 is 0 Å². The molecule has 0 fully saturated rings. The molecular formula is C12H13N3O2. The second kappa shape index (κ2) is 5.27. The number of hydrogen-bond donors (Lipinski definition) is 1. The van der Waals surface area contributed by atoms with Gasteiger partial charge in [0.25, 0.3) is 0 Å². The third kappa shape index (κ3) is 2.51. The highest BCUT2D eigenvalue weighted by molar-refractivity contribution is 5.42. The second-order valence-corrected chi connectivity index (χ2v) is 3.27. The first-order valence-electron chi connectivity index (χ1n) is 5.16. The van der Waals surface area contributed by atoms with E-state index in [0.29, 0.717) is 23.1 Å². The molecule has 0 aliphatic heterocycles. The van der Waals surface area contributed by atoms with Crippen molar-refractivity contribution in [3.05, 3.63) is 42.4 Å². The van der Waals surface area contributed by atoms with E-state index in [1.54, 1.807) is 25.6 Å². The van der Waals surface area contributed by atoms with Crippen molar-refractivity contribution in [3.8, 4) is 17.4 Å². The molecular weight excluding hydrogens is 218 g/mol. The zero-order chi connectivity index (χ0) is 12.1. The number of para-hydroxylation sites is 2. The monoisotopic (exact) mass is 231 g/mol. The van der Waals surface area contributed by atoms with Crippen molar-refractivity contribution in [2.24, 2.45) is 5.73 Å². The summed E-state index contributed by atoms with van der Waals surface area (Å²) in [4.78, 5) is 8.20. The van der Waals surface area contributed by atoms with Gasteiger partial charge in [0.05, 0.1) is 7.11 Å². The first-order chi connectivity index (χ1) is 8.35. The summed E-state index contributed by atoms with van der Waals surface area (Å²) in [6.07, 6.45) is 3.14. The van der Waals surface area contributed by atoms with E-state index in [-0.39, 0.29) is 6.54 Å². The fraction of sp³-hybridized carbons (Fsp3) is 0.167. The number of rotatable bonds is 4. The van der Waals surface area contributed by atoms with Gasteiger partial charge >= 0.3 is 0 Å². The Morgan fingerprint density at radius 2 is 1.82 bits per heavy atom. The Hall–Kier alpha value is -2.14. The van der Waals surface area contributed by atoms with Gasteiger partial charge in [0, 0.05) is 18.9 Å². The molecule has 0 saturated carbocycles. The Labute approximate surface area is 99.2 Å². The number of nitrogens with two attached hydrogens (primary N) is 1. The van der Waals surface area contributed by atoms with E-state index < -0.39 is 0 Å². The van der Waals surface area contributed by atoms with Gasteiger partial charge in [-0.3, -0.25) is 4.98 Å². The summed E-state index contributed by atoms with van der Waals surface area (Å²) in [5, 5.41) is 0. The molecule has 2 rings (SSSR count). The molecule has 0 atom stereocenters. The summed E-state index contributed by atoms with van der Waals surface area (Å²) in [5.74, 6) is 1.63. The van der Waals surface area contributed by atoms with Crippen molar-refractivity contribution in [1.82, 2.24) is 9.97 Å². The quantitative estimate of drug-likeness (QED) is 0.867. The highest BCUT2D eigenvalue weighted by atomic mass is 16.5. The van der Waals surface area contributed by atoms with Crippen LogP contribution in [-0.4, -0.2) is 17.1 Å². The van der Waals surface area contributed by atoms with Crippen LogP contribution in [0.4, 0.5) is 0 Å². The van der Waals surface area contributed by atoms with Crippen molar-refractivity contribution in [3.63, 3.8) is 0 Å². The molecule has 0 bridgehead atoms. The number of methoxy groups -OCH3 is 1. The lowest BCUT2D eigenvalue weighted by molar-refractivity contribution is 0.371. The van der Waals surface area contributed by atoms with Gasteiger partial charge in [-0.25, -0.2) is 4.98 Å².